The van der Waals surface area contributed by atoms with Crippen LogP contribution in [0, 0.1) is 17.5 Å². The maximum atomic E-state index is 14.7. The van der Waals surface area contributed by atoms with E-state index in [2.05, 4.69) is 10.3 Å². The molecule has 4 rings (SSSR count). The number of pyridine rings is 1. The number of halogens is 4. The Kier molecular flexibility index (Phi) is 8.13. The van der Waals surface area contributed by atoms with Gasteiger partial charge in [0.15, 0.2) is 5.13 Å². The molecule has 5 nitrogen and oxygen atoms in total. The molecule has 0 saturated carbocycles. The van der Waals surface area contributed by atoms with Crippen LogP contribution in [0.4, 0.5) is 22.4 Å². The van der Waals surface area contributed by atoms with Gasteiger partial charge in [-0.25, -0.2) is 4.79 Å². The second-order valence-corrected chi connectivity index (χ2v) is 11.4. The van der Waals surface area contributed by atoms with E-state index in [0.717, 1.165) is 22.6 Å². The first-order chi connectivity index (χ1) is 17.9. The molecule has 38 heavy (non-hydrogen) atoms. The number of aryl methyl sites for hydroxylation is 2. The Labute approximate surface area is 223 Å². The van der Waals surface area contributed by atoms with Crippen molar-refractivity contribution in [2.24, 2.45) is 5.41 Å². The molecule has 1 saturated heterocycles. The molecule has 3 aromatic rings. The summed E-state index contributed by atoms with van der Waals surface area (Å²) in [7, 11) is 0. The van der Waals surface area contributed by atoms with Crippen LogP contribution in [0.1, 0.15) is 42.8 Å². The van der Waals surface area contributed by atoms with Gasteiger partial charge in [0.25, 0.3) is 0 Å². The van der Waals surface area contributed by atoms with Crippen molar-refractivity contribution in [3.8, 4) is 5.75 Å². The number of nitrogens with zero attached hydrogens (tertiary/aromatic N) is 2. The monoisotopic (exact) mass is 549 g/mol. The Morgan fingerprint density at radius 1 is 1.16 bits per heavy atom. The van der Waals surface area contributed by atoms with Crippen LogP contribution in [-0.2, 0) is 12.0 Å². The summed E-state index contributed by atoms with van der Waals surface area (Å²) in [6.07, 6.45) is -3.58. The van der Waals surface area contributed by atoms with E-state index < -0.39 is 29.3 Å². The number of carbonyl (C=O) groups excluding carboxylic acids is 1. The van der Waals surface area contributed by atoms with E-state index in [-0.39, 0.29) is 36.7 Å². The number of hydrogen-bond acceptors (Lipinski definition) is 5. The highest BCUT2D eigenvalue weighted by Crippen LogP contribution is 2.48. The molecule has 2 atom stereocenters. The van der Waals surface area contributed by atoms with Crippen LogP contribution in [0.25, 0.3) is 0 Å². The summed E-state index contributed by atoms with van der Waals surface area (Å²) >= 11 is 0.927. The molecular weight excluding hydrogens is 518 g/mol. The molecule has 0 bridgehead atoms. The second kappa shape index (κ2) is 11.0. The third-order valence-electron chi connectivity index (χ3n) is 7.45. The summed E-state index contributed by atoms with van der Waals surface area (Å²) in [5.74, 6) is 0.148. The molecule has 3 heterocycles. The molecule has 1 fully saturated rings. The van der Waals surface area contributed by atoms with Crippen LogP contribution < -0.4 is 10.1 Å². The van der Waals surface area contributed by atoms with E-state index in [4.69, 9.17) is 4.74 Å². The van der Waals surface area contributed by atoms with Gasteiger partial charge in [-0.3, -0.25) is 9.88 Å². The van der Waals surface area contributed by atoms with Gasteiger partial charge in [0.05, 0.1) is 0 Å². The Hall–Kier alpha value is -2.98. The summed E-state index contributed by atoms with van der Waals surface area (Å²) in [5.41, 5.74) is -0.219. The molecule has 0 unspecified atom stereocenters. The minimum absolute atomic E-state index is 0.0809. The van der Waals surface area contributed by atoms with Gasteiger partial charge in [-0.05, 0) is 82.5 Å². The van der Waals surface area contributed by atoms with Gasteiger partial charge in [0.1, 0.15) is 11.8 Å². The number of amides is 1. The minimum Gasteiger partial charge on any atom is -0.410 e. The van der Waals surface area contributed by atoms with E-state index in [1.807, 2.05) is 37.8 Å². The molecule has 2 aromatic heterocycles. The molecule has 0 radical (unpaired) electrons. The number of nitrogens with one attached hydrogen (secondary N) is 1. The number of hydrogen-bond donors (Lipinski definition) is 1. The zero-order chi connectivity index (χ0) is 27.6. The van der Waals surface area contributed by atoms with Crippen molar-refractivity contribution in [1.82, 2.24) is 15.2 Å². The summed E-state index contributed by atoms with van der Waals surface area (Å²) in [6.45, 7) is 6.27. The quantitative estimate of drug-likeness (QED) is 0.312. The molecule has 0 aliphatic carbocycles. The first-order valence-corrected chi connectivity index (χ1v) is 13.2. The van der Waals surface area contributed by atoms with Crippen molar-refractivity contribution in [1.29, 1.82) is 0 Å². The first-order valence-electron chi connectivity index (χ1n) is 12.4. The molecule has 0 spiro atoms. The number of carbonyl (C=O) groups is 1. The smallest absolute Gasteiger partial charge is 0.410 e. The number of para-hydroxylation sites is 1. The average molecular weight is 550 g/mol. The standard InChI is InChI=1S/C28H31F4N3O2S/c1-19-9-10-20(17-33-19)26(2,3)35-16-15-27(18-35,14-13-22-11-12-23(29)38-22)24(28(30,31)32)34-25(36)37-21-7-5-4-6-8-21/h4-12,17,24H,13-16,18H2,1-3H3,(H,34,36)/t24-,27+/m0/s1. The topological polar surface area (TPSA) is 54.5 Å². The van der Waals surface area contributed by atoms with Crippen LogP contribution in [0.5, 0.6) is 5.75 Å². The van der Waals surface area contributed by atoms with E-state index in [9.17, 15) is 22.4 Å². The lowest BCUT2D eigenvalue weighted by Gasteiger charge is -2.42. The lowest BCUT2D eigenvalue weighted by Crippen LogP contribution is -2.58. The summed E-state index contributed by atoms with van der Waals surface area (Å²) < 4.78 is 62.8. The third kappa shape index (κ3) is 6.35. The Bertz CT molecular complexity index is 1230. The van der Waals surface area contributed by atoms with Gasteiger partial charge >= 0.3 is 12.3 Å². The summed E-state index contributed by atoms with van der Waals surface area (Å²) in [4.78, 5) is 19.7. The van der Waals surface area contributed by atoms with Crippen LogP contribution >= 0.6 is 11.3 Å². The van der Waals surface area contributed by atoms with Crippen molar-refractivity contribution in [3.05, 3.63) is 82.1 Å². The molecule has 1 aliphatic heterocycles. The molecule has 10 heteroatoms. The molecule has 1 aromatic carbocycles. The van der Waals surface area contributed by atoms with E-state index in [1.54, 1.807) is 30.5 Å². The van der Waals surface area contributed by atoms with Crippen molar-refractivity contribution in [3.63, 3.8) is 0 Å². The van der Waals surface area contributed by atoms with Crippen LogP contribution in [0.15, 0.2) is 60.8 Å². The predicted molar refractivity (Wildman–Crippen MR) is 139 cm³/mol. The van der Waals surface area contributed by atoms with E-state index >= 15 is 0 Å². The van der Waals surface area contributed by atoms with Crippen LogP contribution in [-0.4, -0.2) is 41.3 Å². The highest BCUT2D eigenvalue weighted by atomic mass is 32.1. The van der Waals surface area contributed by atoms with Crippen LogP contribution in [0.2, 0.25) is 0 Å². The SMILES string of the molecule is Cc1ccc(C(C)(C)N2CC[C@@](CCc3ccc(F)s3)([C@H](NC(=O)Oc3ccccc3)C(F)(F)F)C2)cn1. The van der Waals surface area contributed by atoms with E-state index in [1.165, 1.54) is 18.2 Å². The van der Waals surface area contributed by atoms with E-state index in [0.29, 0.717) is 11.4 Å². The zero-order valence-corrected chi connectivity index (χ0v) is 22.3. The Balaban J connectivity index is 1.63. The maximum absolute atomic E-state index is 14.7. The summed E-state index contributed by atoms with van der Waals surface area (Å²) in [5, 5.41) is 1.77. The minimum atomic E-state index is -4.73. The second-order valence-electron chi connectivity index (χ2n) is 10.3. The van der Waals surface area contributed by atoms with Gasteiger partial charge in [0.2, 0.25) is 0 Å². The lowest BCUT2D eigenvalue weighted by molar-refractivity contribution is -0.182. The van der Waals surface area contributed by atoms with Gasteiger partial charge in [-0.1, -0.05) is 24.3 Å². The van der Waals surface area contributed by atoms with Gasteiger partial charge in [0, 0.05) is 34.3 Å². The average Bonchev–Trinajstić information content (AvgIpc) is 3.49. The fourth-order valence-electron chi connectivity index (χ4n) is 5.15. The normalized spacial score (nSPS) is 19.3. The fraction of sp³-hybridized carbons (Fsp3) is 0.429. The molecular formula is C28H31F4N3O2S. The van der Waals surface area contributed by atoms with Gasteiger partial charge in [-0.2, -0.15) is 17.6 Å². The highest BCUT2D eigenvalue weighted by Gasteiger charge is 2.58. The number of thiophene rings is 1. The first kappa shape index (κ1) is 28.0. The number of benzene rings is 1. The molecule has 1 N–H and O–H groups in total. The predicted octanol–water partition coefficient (Wildman–Crippen LogP) is 6.87. The van der Waals surface area contributed by atoms with Crippen LogP contribution in [0.3, 0.4) is 0 Å². The van der Waals surface area contributed by atoms with Crippen molar-refractivity contribution in [2.75, 3.05) is 13.1 Å². The van der Waals surface area contributed by atoms with Crippen molar-refractivity contribution in [2.45, 2.75) is 57.8 Å². The van der Waals surface area contributed by atoms with Gasteiger partial charge in [-0.15, -0.1) is 11.3 Å². The number of ether oxygens (including phenoxy) is 1. The number of likely N-dealkylation sites (tertiary alicyclic amines) is 1. The molecule has 204 valence electrons. The molecule has 1 amide bonds. The largest absolute Gasteiger partial charge is 0.413 e. The zero-order valence-electron chi connectivity index (χ0n) is 21.5. The Morgan fingerprint density at radius 2 is 1.89 bits per heavy atom. The number of aromatic nitrogens is 1. The number of alkyl halides is 3. The highest BCUT2D eigenvalue weighted by molar-refractivity contribution is 7.10. The Morgan fingerprint density at radius 3 is 2.50 bits per heavy atom. The maximum Gasteiger partial charge on any atom is 0.413 e. The number of rotatable bonds is 8. The lowest BCUT2D eigenvalue weighted by atomic mass is 9.74. The fourth-order valence-corrected chi connectivity index (χ4v) is 5.88. The molecule has 1 aliphatic rings. The van der Waals surface area contributed by atoms with Crippen molar-refractivity contribution < 1.29 is 27.1 Å². The summed E-state index contributed by atoms with van der Waals surface area (Å²) in [6, 6.07) is 12.5. The van der Waals surface area contributed by atoms with Gasteiger partial charge < -0.3 is 10.1 Å². The third-order valence-corrected chi connectivity index (χ3v) is 8.38. The van der Waals surface area contributed by atoms with Crippen molar-refractivity contribution >= 4 is 17.4 Å².